The molecule has 0 saturated heterocycles. The number of primary amides is 1. The minimum Gasteiger partial charge on any atom is -0.473 e. The summed E-state index contributed by atoms with van der Waals surface area (Å²) in [6.45, 7) is 1.86. The standard InChI is InChI=1S/C24H25N7O3/c1-14-19(12-27-31(14)17-5-3-15(11-25)4-6-17)22(33)28-16-7-24(8-16)9-18(10-24)34-23-20(21(26)32)13-30(2)29-23/h3-6,12-13,16,18H,7-10H2,1-2H3,(H2,26,32)(H,28,33)/t16-,18-,24?. The Hall–Kier alpha value is -4.13. The van der Waals surface area contributed by atoms with Gasteiger partial charge in [-0.15, -0.1) is 5.10 Å². The fraction of sp³-hybridized carbons (Fsp3) is 0.375. The topological polar surface area (TPSA) is 141 Å². The molecule has 3 N–H and O–H groups in total. The number of nitrogens with one attached hydrogen (secondary N) is 1. The van der Waals surface area contributed by atoms with Gasteiger partial charge in [0.2, 0.25) is 5.88 Å². The average Bonchev–Trinajstić information content (AvgIpc) is 3.33. The molecule has 2 saturated carbocycles. The maximum absolute atomic E-state index is 12.9. The Morgan fingerprint density at radius 2 is 1.91 bits per heavy atom. The van der Waals surface area contributed by atoms with E-state index in [0.717, 1.165) is 37.1 Å². The van der Waals surface area contributed by atoms with E-state index in [2.05, 4.69) is 21.6 Å². The first-order chi connectivity index (χ1) is 16.3. The molecule has 2 aliphatic rings. The van der Waals surface area contributed by atoms with Crippen molar-refractivity contribution in [2.24, 2.45) is 18.2 Å². The molecule has 2 heterocycles. The first-order valence-electron chi connectivity index (χ1n) is 11.1. The summed E-state index contributed by atoms with van der Waals surface area (Å²) < 4.78 is 9.12. The first-order valence-corrected chi connectivity index (χ1v) is 11.1. The largest absolute Gasteiger partial charge is 0.473 e. The summed E-state index contributed by atoms with van der Waals surface area (Å²) in [6, 6.07) is 9.27. The monoisotopic (exact) mass is 459 g/mol. The van der Waals surface area contributed by atoms with Gasteiger partial charge in [0.25, 0.3) is 11.8 Å². The summed E-state index contributed by atoms with van der Waals surface area (Å²) in [5, 5.41) is 20.6. The minimum atomic E-state index is -0.554. The fourth-order valence-electron chi connectivity index (χ4n) is 5.13. The summed E-state index contributed by atoms with van der Waals surface area (Å²) in [5.74, 6) is -0.404. The van der Waals surface area contributed by atoms with Crippen molar-refractivity contribution in [2.75, 3.05) is 0 Å². The molecule has 0 bridgehead atoms. The molecular formula is C24H25N7O3. The van der Waals surface area contributed by atoms with Gasteiger partial charge in [0.15, 0.2) is 0 Å². The average molecular weight is 460 g/mol. The van der Waals surface area contributed by atoms with E-state index in [-0.39, 0.29) is 29.3 Å². The molecule has 1 spiro atoms. The van der Waals surface area contributed by atoms with E-state index in [1.54, 1.807) is 36.3 Å². The third-order valence-corrected chi connectivity index (χ3v) is 6.85. The van der Waals surface area contributed by atoms with Crippen molar-refractivity contribution < 1.29 is 14.3 Å². The fourth-order valence-corrected chi connectivity index (χ4v) is 5.13. The molecule has 3 aromatic rings. The predicted molar refractivity (Wildman–Crippen MR) is 121 cm³/mol. The Balaban J connectivity index is 1.14. The lowest BCUT2D eigenvalue weighted by atomic mass is 9.53. The number of amides is 2. The Kier molecular flexibility index (Phi) is 5.12. The van der Waals surface area contributed by atoms with Crippen molar-refractivity contribution in [3.63, 3.8) is 0 Å². The second-order valence-electron chi connectivity index (χ2n) is 9.33. The lowest BCUT2D eigenvalue weighted by Gasteiger charge is -2.57. The van der Waals surface area contributed by atoms with E-state index in [9.17, 15) is 9.59 Å². The molecule has 2 aromatic heterocycles. The van der Waals surface area contributed by atoms with Crippen LogP contribution >= 0.6 is 0 Å². The molecule has 2 aliphatic carbocycles. The quantitative estimate of drug-likeness (QED) is 0.578. The normalized spacial score (nSPS) is 23.0. The van der Waals surface area contributed by atoms with E-state index in [0.29, 0.717) is 16.7 Å². The van der Waals surface area contributed by atoms with Gasteiger partial charge in [-0.1, -0.05) is 0 Å². The summed E-state index contributed by atoms with van der Waals surface area (Å²) in [6.07, 6.45) is 6.66. The summed E-state index contributed by atoms with van der Waals surface area (Å²) >= 11 is 0. The second kappa shape index (κ2) is 8.02. The molecule has 34 heavy (non-hydrogen) atoms. The Morgan fingerprint density at radius 1 is 1.21 bits per heavy atom. The van der Waals surface area contributed by atoms with Gasteiger partial charge in [-0.05, 0) is 62.3 Å². The zero-order valence-corrected chi connectivity index (χ0v) is 19.0. The van der Waals surface area contributed by atoms with Gasteiger partial charge in [0.1, 0.15) is 11.7 Å². The molecule has 5 rings (SSSR count). The molecule has 10 heteroatoms. The van der Waals surface area contributed by atoms with Crippen molar-refractivity contribution in [1.82, 2.24) is 24.9 Å². The van der Waals surface area contributed by atoms with Gasteiger partial charge in [0.05, 0.1) is 34.8 Å². The maximum atomic E-state index is 12.9. The molecule has 1 aromatic carbocycles. The number of aryl methyl sites for hydroxylation is 1. The van der Waals surface area contributed by atoms with E-state index in [1.165, 1.54) is 4.68 Å². The summed E-state index contributed by atoms with van der Waals surface area (Å²) in [7, 11) is 1.72. The second-order valence-corrected chi connectivity index (χ2v) is 9.33. The van der Waals surface area contributed by atoms with Gasteiger partial charge < -0.3 is 15.8 Å². The summed E-state index contributed by atoms with van der Waals surface area (Å²) in [5.41, 5.74) is 8.51. The molecule has 2 fully saturated rings. The molecule has 174 valence electrons. The van der Waals surface area contributed by atoms with Gasteiger partial charge in [0, 0.05) is 19.3 Å². The molecule has 0 aliphatic heterocycles. The maximum Gasteiger partial charge on any atom is 0.255 e. The van der Waals surface area contributed by atoms with Crippen LogP contribution in [0.5, 0.6) is 5.88 Å². The van der Waals surface area contributed by atoms with Crippen LogP contribution in [0.2, 0.25) is 0 Å². The van der Waals surface area contributed by atoms with Crippen molar-refractivity contribution in [2.45, 2.75) is 44.8 Å². The SMILES string of the molecule is Cc1c(C(=O)N[C@H]2CC3(C2)C[C@H](Oc2nn(C)cc2C(N)=O)C3)cnn1-c1ccc(C#N)cc1. The number of benzene rings is 1. The number of hydrogen-bond acceptors (Lipinski definition) is 6. The van der Waals surface area contributed by atoms with Crippen LogP contribution in [-0.2, 0) is 7.05 Å². The van der Waals surface area contributed by atoms with Crippen molar-refractivity contribution in [1.29, 1.82) is 5.26 Å². The van der Waals surface area contributed by atoms with Crippen LogP contribution in [0.4, 0.5) is 0 Å². The number of ether oxygens (including phenoxy) is 1. The Bertz CT molecular complexity index is 1300. The van der Waals surface area contributed by atoms with E-state index < -0.39 is 5.91 Å². The zero-order valence-electron chi connectivity index (χ0n) is 19.0. The summed E-state index contributed by atoms with van der Waals surface area (Å²) in [4.78, 5) is 24.4. The van der Waals surface area contributed by atoms with Crippen LogP contribution in [-0.4, -0.2) is 43.5 Å². The third-order valence-electron chi connectivity index (χ3n) is 6.85. The highest BCUT2D eigenvalue weighted by Gasteiger charge is 2.54. The van der Waals surface area contributed by atoms with Crippen LogP contribution in [0.1, 0.15) is 57.7 Å². The molecule has 0 radical (unpaired) electrons. The third kappa shape index (κ3) is 3.79. The highest BCUT2D eigenvalue weighted by Crippen LogP contribution is 2.56. The van der Waals surface area contributed by atoms with E-state index in [4.69, 9.17) is 15.7 Å². The predicted octanol–water partition coefficient (Wildman–Crippen LogP) is 2.00. The van der Waals surface area contributed by atoms with Crippen LogP contribution in [0.25, 0.3) is 5.69 Å². The number of nitrogens with zero attached hydrogens (tertiary/aromatic N) is 5. The van der Waals surface area contributed by atoms with Crippen LogP contribution < -0.4 is 15.8 Å². The molecule has 2 amide bonds. The lowest BCUT2D eigenvalue weighted by Crippen LogP contribution is -2.58. The lowest BCUT2D eigenvalue weighted by molar-refractivity contribution is -0.0849. The van der Waals surface area contributed by atoms with E-state index >= 15 is 0 Å². The van der Waals surface area contributed by atoms with Crippen molar-refractivity contribution >= 4 is 11.8 Å². The number of carbonyl (C=O) groups is 2. The number of nitrogens with two attached hydrogens (primary N) is 1. The number of carbonyl (C=O) groups excluding carboxylic acids is 2. The number of aromatic nitrogens is 4. The van der Waals surface area contributed by atoms with Crippen LogP contribution in [0.3, 0.4) is 0 Å². The minimum absolute atomic E-state index is 0.00227. The number of hydrogen-bond donors (Lipinski definition) is 2. The smallest absolute Gasteiger partial charge is 0.255 e. The van der Waals surface area contributed by atoms with Gasteiger partial charge in [-0.3, -0.25) is 14.3 Å². The number of rotatable bonds is 6. The highest BCUT2D eigenvalue weighted by molar-refractivity contribution is 5.95. The van der Waals surface area contributed by atoms with Crippen molar-refractivity contribution in [3.05, 3.63) is 59.0 Å². The molecular weight excluding hydrogens is 434 g/mol. The highest BCUT2D eigenvalue weighted by atomic mass is 16.5. The zero-order chi connectivity index (χ0) is 24.0. The Labute approximate surface area is 196 Å². The Morgan fingerprint density at radius 3 is 2.56 bits per heavy atom. The van der Waals surface area contributed by atoms with Crippen molar-refractivity contribution in [3.8, 4) is 17.6 Å². The number of nitriles is 1. The van der Waals surface area contributed by atoms with E-state index in [1.807, 2.05) is 19.1 Å². The van der Waals surface area contributed by atoms with Gasteiger partial charge >= 0.3 is 0 Å². The van der Waals surface area contributed by atoms with Gasteiger partial charge in [-0.2, -0.15) is 10.4 Å². The van der Waals surface area contributed by atoms with Gasteiger partial charge in [-0.25, -0.2) is 4.68 Å². The molecule has 10 nitrogen and oxygen atoms in total. The molecule has 0 atom stereocenters. The molecule has 0 unspecified atom stereocenters. The van der Waals surface area contributed by atoms with Crippen LogP contribution in [0, 0.1) is 23.7 Å². The first kappa shape index (κ1) is 21.7. The van der Waals surface area contributed by atoms with Crippen LogP contribution in [0.15, 0.2) is 36.7 Å².